The Balaban J connectivity index is 2.23. The van der Waals surface area contributed by atoms with Gasteiger partial charge in [0.2, 0.25) is 0 Å². The standard InChI is InChI=1S/C12H24N2/c1-3-5-8-14(4-2)10-11-6-7-12(13)9-11/h6-7,11-12H,3-5,8-10,13H2,1-2H3. The van der Waals surface area contributed by atoms with E-state index in [0.29, 0.717) is 12.0 Å². The van der Waals surface area contributed by atoms with Crippen molar-refractivity contribution in [3.63, 3.8) is 0 Å². The van der Waals surface area contributed by atoms with Crippen molar-refractivity contribution < 1.29 is 0 Å². The van der Waals surface area contributed by atoms with Crippen molar-refractivity contribution in [2.45, 2.75) is 39.2 Å². The number of nitrogens with two attached hydrogens (primary N) is 1. The van der Waals surface area contributed by atoms with Crippen LogP contribution in [0.25, 0.3) is 0 Å². The first-order chi connectivity index (χ1) is 6.76. The molecule has 0 radical (unpaired) electrons. The van der Waals surface area contributed by atoms with Crippen LogP contribution in [-0.4, -0.2) is 30.6 Å². The molecule has 2 nitrogen and oxygen atoms in total. The molecule has 0 amide bonds. The molecule has 0 saturated carbocycles. The lowest BCUT2D eigenvalue weighted by atomic mass is 10.1. The molecular formula is C12H24N2. The summed E-state index contributed by atoms with van der Waals surface area (Å²) < 4.78 is 0. The van der Waals surface area contributed by atoms with Crippen LogP contribution in [0.3, 0.4) is 0 Å². The Morgan fingerprint density at radius 2 is 2.14 bits per heavy atom. The third kappa shape index (κ3) is 3.81. The van der Waals surface area contributed by atoms with E-state index in [2.05, 4.69) is 30.9 Å². The van der Waals surface area contributed by atoms with Crippen LogP contribution in [0, 0.1) is 5.92 Å². The summed E-state index contributed by atoms with van der Waals surface area (Å²) in [6.45, 7) is 8.10. The normalized spacial score (nSPS) is 26.3. The van der Waals surface area contributed by atoms with Gasteiger partial charge in [-0.1, -0.05) is 32.4 Å². The first-order valence-corrected chi connectivity index (χ1v) is 5.92. The van der Waals surface area contributed by atoms with Crippen LogP contribution in [0.2, 0.25) is 0 Å². The van der Waals surface area contributed by atoms with Crippen LogP contribution >= 0.6 is 0 Å². The van der Waals surface area contributed by atoms with Gasteiger partial charge in [0.05, 0.1) is 0 Å². The molecule has 0 heterocycles. The summed E-state index contributed by atoms with van der Waals surface area (Å²) in [4.78, 5) is 2.54. The van der Waals surface area contributed by atoms with Gasteiger partial charge in [0, 0.05) is 12.6 Å². The Labute approximate surface area is 88.2 Å². The summed E-state index contributed by atoms with van der Waals surface area (Å²) in [5, 5.41) is 0. The molecule has 2 N–H and O–H groups in total. The molecule has 1 aliphatic rings. The Morgan fingerprint density at radius 3 is 2.64 bits per heavy atom. The minimum atomic E-state index is 0.310. The number of hydrogen-bond acceptors (Lipinski definition) is 2. The predicted octanol–water partition coefficient (Wildman–Crippen LogP) is 2.01. The average molecular weight is 196 g/mol. The molecular weight excluding hydrogens is 172 g/mol. The van der Waals surface area contributed by atoms with Crippen LogP contribution in [0.4, 0.5) is 0 Å². The van der Waals surface area contributed by atoms with Gasteiger partial charge >= 0.3 is 0 Å². The van der Waals surface area contributed by atoms with Gasteiger partial charge in [0.1, 0.15) is 0 Å². The van der Waals surface area contributed by atoms with Gasteiger partial charge < -0.3 is 10.6 Å². The van der Waals surface area contributed by atoms with Crippen molar-refractivity contribution in [2.24, 2.45) is 11.7 Å². The minimum Gasteiger partial charge on any atom is -0.324 e. The molecule has 1 rings (SSSR count). The van der Waals surface area contributed by atoms with E-state index in [0.717, 1.165) is 6.42 Å². The number of nitrogens with zero attached hydrogens (tertiary/aromatic N) is 1. The summed E-state index contributed by atoms with van der Waals surface area (Å²) in [7, 11) is 0. The Bertz CT molecular complexity index is 177. The van der Waals surface area contributed by atoms with Gasteiger partial charge in [-0.2, -0.15) is 0 Å². The van der Waals surface area contributed by atoms with Crippen LogP contribution in [0.5, 0.6) is 0 Å². The number of unbranched alkanes of at least 4 members (excludes halogenated alkanes) is 1. The second-order valence-electron chi connectivity index (χ2n) is 4.29. The second kappa shape index (κ2) is 6.20. The van der Waals surface area contributed by atoms with Crippen molar-refractivity contribution in [3.8, 4) is 0 Å². The van der Waals surface area contributed by atoms with E-state index in [1.54, 1.807) is 0 Å². The van der Waals surface area contributed by atoms with Gasteiger partial charge in [-0.3, -0.25) is 0 Å². The van der Waals surface area contributed by atoms with Crippen molar-refractivity contribution in [3.05, 3.63) is 12.2 Å². The van der Waals surface area contributed by atoms with Crippen molar-refractivity contribution in [1.82, 2.24) is 4.90 Å². The fraction of sp³-hybridized carbons (Fsp3) is 0.833. The van der Waals surface area contributed by atoms with Gasteiger partial charge in [-0.05, 0) is 31.8 Å². The highest BCUT2D eigenvalue weighted by Crippen LogP contribution is 2.17. The van der Waals surface area contributed by atoms with E-state index in [1.807, 2.05) is 0 Å². The van der Waals surface area contributed by atoms with Crippen LogP contribution in [-0.2, 0) is 0 Å². The minimum absolute atomic E-state index is 0.310. The quantitative estimate of drug-likeness (QED) is 0.658. The molecule has 0 aliphatic heterocycles. The lowest BCUT2D eigenvalue weighted by Gasteiger charge is -2.23. The van der Waals surface area contributed by atoms with E-state index in [4.69, 9.17) is 5.73 Å². The summed E-state index contributed by atoms with van der Waals surface area (Å²) in [5.41, 5.74) is 5.84. The third-order valence-electron chi connectivity index (χ3n) is 2.97. The number of hydrogen-bond donors (Lipinski definition) is 1. The van der Waals surface area contributed by atoms with Crippen LogP contribution in [0.1, 0.15) is 33.1 Å². The molecule has 0 aromatic heterocycles. The maximum Gasteiger partial charge on any atom is 0.0229 e. The Kier molecular flexibility index (Phi) is 5.20. The zero-order valence-electron chi connectivity index (χ0n) is 9.58. The molecule has 82 valence electrons. The molecule has 2 heteroatoms. The lowest BCUT2D eigenvalue weighted by molar-refractivity contribution is 0.253. The molecule has 0 aromatic carbocycles. The van der Waals surface area contributed by atoms with Crippen LogP contribution in [0.15, 0.2) is 12.2 Å². The second-order valence-corrected chi connectivity index (χ2v) is 4.29. The zero-order valence-corrected chi connectivity index (χ0v) is 9.58. The molecule has 0 spiro atoms. The maximum atomic E-state index is 5.84. The maximum absolute atomic E-state index is 5.84. The van der Waals surface area contributed by atoms with E-state index in [-0.39, 0.29) is 0 Å². The first kappa shape index (κ1) is 11.7. The van der Waals surface area contributed by atoms with E-state index >= 15 is 0 Å². The first-order valence-electron chi connectivity index (χ1n) is 5.92. The lowest BCUT2D eigenvalue weighted by Crippen LogP contribution is -2.30. The van der Waals surface area contributed by atoms with E-state index < -0.39 is 0 Å². The van der Waals surface area contributed by atoms with Gasteiger partial charge in [-0.15, -0.1) is 0 Å². The highest BCUT2D eigenvalue weighted by molar-refractivity contribution is 5.05. The van der Waals surface area contributed by atoms with Gasteiger partial charge in [0.15, 0.2) is 0 Å². The molecule has 0 fully saturated rings. The molecule has 0 bridgehead atoms. The molecule has 0 aromatic rings. The van der Waals surface area contributed by atoms with Gasteiger partial charge in [-0.25, -0.2) is 0 Å². The topological polar surface area (TPSA) is 29.3 Å². The molecule has 14 heavy (non-hydrogen) atoms. The van der Waals surface area contributed by atoms with E-state index in [9.17, 15) is 0 Å². The summed E-state index contributed by atoms with van der Waals surface area (Å²) >= 11 is 0. The van der Waals surface area contributed by atoms with Crippen molar-refractivity contribution in [1.29, 1.82) is 0 Å². The van der Waals surface area contributed by atoms with Crippen LogP contribution < -0.4 is 5.73 Å². The SMILES string of the molecule is CCCCN(CC)CC1C=CC(N)C1. The summed E-state index contributed by atoms with van der Waals surface area (Å²) in [5.74, 6) is 0.696. The molecule has 2 unspecified atom stereocenters. The fourth-order valence-electron chi connectivity index (χ4n) is 2.03. The predicted molar refractivity (Wildman–Crippen MR) is 62.2 cm³/mol. The molecule has 2 atom stereocenters. The fourth-order valence-corrected chi connectivity index (χ4v) is 2.03. The van der Waals surface area contributed by atoms with Crippen molar-refractivity contribution >= 4 is 0 Å². The Morgan fingerprint density at radius 1 is 1.36 bits per heavy atom. The Hall–Kier alpha value is -0.340. The summed E-state index contributed by atoms with van der Waals surface area (Å²) in [6, 6.07) is 0.310. The number of rotatable bonds is 6. The smallest absolute Gasteiger partial charge is 0.0229 e. The monoisotopic (exact) mass is 196 g/mol. The molecule has 0 saturated heterocycles. The largest absolute Gasteiger partial charge is 0.324 e. The molecule has 1 aliphatic carbocycles. The average Bonchev–Trinajstić information content (AvgIpc) is 2.58. The third-order valence-corrected chi connectivity index (χ3v) is 2.97. The van der Waals surface area contributed by atoms with E-state index in [1.165, 1.54) is 32.5 Å². The van der Waals surface area contributed by atoms with Gasteiger partial charge in [0.25, 0.3) is 0 Å². The highest BCUT2D eigenvalue weighted by Gasteiger charge is 2.17. The van der Waals surface area contributed by atoms with Crippen molar-refractivity contribution in [2.75, 3.05) is 19.6 Å². The summed E-state index contributed by atoms with van der Waals surface area (Å²) in [6.07, 6.45) is 8.19. The highest BCUT2D eigenvalue weighted by atomic mass is 15.1. The zero-order chi connectivity index (χ0) is 10.4.